The Morgan fingerprint density at radius 1 is 0.615 bits per heavy atom. The zero-order valence-corrected chi connectivity index (χ0v) is 47.7. The van der Waals surface area contributed by atoms with Crippen molar-refractivity contribution in [1.82, 2.24) is 40.8 Å². The highest BCUT2D eigenvalue weighted by molar-refractivity contribution is 6.35. The highest BCUT2D eigenvalue weighted by Crippen LogP contribution is 2.40. The van der Waals surface area contributed by atoms with Crippen LogP contribution in [0.4, 0.5) is 15.3 Å². The Hall–Kier alpha value is -4.80. The Morgan fingerprint density at radius 2 is 1.09 bits per heavy atom. The lowest BCUT2D eigenvalue weighted by Gasteiger charge is -2.33. The van der Waals surface area contributed by atoms with E-state index in [2.05, 4.69) is 74.4 Å². The number of fused-ring (bicyclic) bond motifs is 3. The number of hydrogen-bond acceptors (Lipinski definition) is 13. The molecule has 5 aromatic rings. The molecule has 0 saturated carbocycles. The third kappa shape index (κ3) is 19.5. The first kappa shape index (κ1) is 60.8. The first-order chi connectivity index (χ1) is 37.9. The van der Waals surface area contributed by atoms with E-state index in [-0.39, 0.29) is 23.9 Å². The molecule has 7 rings (SSSR count). The molecule has 1 aromatic heterocycles. The molecule has 22 heteroatoms. The number of halogens is 4. The number of benzene rings is 4. The van der Waals surface area contributed by atoms with Gasteiger partial charge >= 0.3 is 12.1 Å². The molecular weight excluding hydrogens is 1080 g/mol. The zero-order chi connectivity index (χ0) is 55.1. The van der Waals surface area contributed by atoms with Crippen LogP contribution >= 0.6 is 46.4 Å². The topological polar surface area (TPSA) is 200 Å². The lowest BCUT2D eigenvalue weighted by Crippen LogP contribution is -2.39. The fourth-order valence-electron chi connectivity index (χ4n) is 9.38. The number of nitrogens with two attached hydrogens (primary N) is 1. The number of nitrogens with one attached hydrogen (secondary N) is 4. The van der Waals surface area contributed by atoms with Gasteiger partial charge < -0.3 is 65.2 Å². The number of ether oxygens (including phenoxy) is 6. The number of likely N-dealkylation sites (N-methyl/N-ethyl adjacent to an activating group) is 2. The Balaban J connectivity index is 0.594. The van der Waals surface area contributed by atoms with Crippen molar-refractivity contribution in [1.29, 1.82) is 0 Å². The second-order valence-electron chi connectivity index (χ2n) is 19.3. The number of carbonyl (C=O) groups excluding carboxylic acids is 2. The molecule has 0 radical (unpaired) electrons. The summed E-state index contributed by atoms with van der Waals surface area (Å²) < 4.78 is 35.6. The zero-order valence-electron chi connectivity index (χ0n) is 44.6. The van der Waals surface area contributed by atoms with E-state index in [4.69, 9.17) is 85.7 Å². The highest BCUT2D eigenvalue weighted by atomic mass is 35.5. The van der Waals surface area contributed by atoms with Crippen molar-refractivity contribution in [2.75, 3.05) is 145 Å². The van der Waals surface area contributed by atoms with Gasteiger partial charge in [-0.1, -0.05) is 70.7 Å². The molecule has 0 bridgehead atoms. The molecular formula is C56H74Cl4N10O8. The van der Waals surface area contributed by atoms with Crippen LogP contribution in [0.3, 0.4) is 0 Å². The van der Waals surface area contributed by atoms with Gasteiger partial charge in [0.2, 0.25) is 0 Å². The molecule has 2 aliphatic heterocycles. The molecule has 0 fully saturated rings. The monoisotopic (exact) mass is 1150 g/mol. The van der Waals surface area contributed by atoms with Gasteiger partial charge in [0.1, 0.15) is 0 Å². The molecule has 2 aliphatic rings. The summed E-state index contributed by atoms with van der Waals surface area (Å²) >= 11 is 25.9. The number of amides is 4. The largest absolute Gasteiger partial charge is 0.398 e. The van der Waals surface area contributed by atoms with Crippen molar-refractivity contribution in [2.45, 2.75) is 44.3 Å². The van der Waals surface area contributed by atoms with Crippen molar-refractivity contribution in [3.8, 4) is 0 Å². The predicted octanol–water partition coefficient (Wildman–Crippen LogP) is 7.98. The van der Waals surface area contributed by atoms with Gasteiger partial charge in [-0.05, 0) is 96.7 Å². The fourth-order valence-corrected chi connectivity index (χ4v) is 10.5. The Morgan fingerprint density at radius 3 is 1.63 bits per heavy atom. The van der Waals surface area contributed by atoms with Crippen LogP contribution in [0.2, 0.25) is 20.1 Å². The van der Waals surface area contributed by atoms with Crippen LogP contribution in [-0.2, 0) is 48.1 Å². The third-order valence-electron chi connectivity index (χ3n) is 13.3. The number of aliphatic imine (C=N–C) groups is 1. The maximum absolute atomic E-state index is 12.1. The smallest absolute Gasteiger partial charge is 0.314 e. The number of hydrogen-bond donors (Lipinski definition) is 5. The fraction of sp³-hybridized carbons (Fsp3) is 0.500. The number of anilines is 1. The Kier molecular flexibility index (Phi) is 25.3. The number of rotatable bonds is 32. The van der Waals surface area contributed by atoms with E-state index in [0.717, 1.165) is 64.9 Å². The summed E-state index contributed by atoms with van der Waals surface area (Å²) in [5.41, 5.74) is 15.7. The van der Waals surface area contributed by atoms with Crippen molar-refractivity contribution in [3.63, 3.8) is 0 Å². The number of aromatic nitrogens is 2. The quantitative estimate of drug-likeness (QED) is 0.0158. The molecule has 0 aliphatic carbocycles. The summed E-state index contributed by atoms with van der Waals surface area (Å²) in [5, 5.41) is 19.7. The minimum Gasteiger partial charge on any atom is -0.398 e. The molecule has 4 aromatic carbocycles. The van der Waals surface area contributed by atoms with E-state index < -0.39 is 0 Å². The van der Waals surface area contributed by atoms with Gasteiger partial charge in [-0.25, -0.2) is 9.59 Å². The normalized spacial score (nSPS) is 15.7. The van der Waals surface area contributed by atoms with Crippen LogP contribution < -0.4 is 27.0 Å². The second kappa shape index (κ2) is 32.5. The molecule has 6 N–H and O–H groups in total. The van der Waals surface area contributed by atoms with E-state index in [1.165, 1.54) is 11.1 Å². The highest BCUT2D eigenvalue weighted by Gasteiger charge is 2.29. The lowest BCUT2D eigenvalue weighted by atomic mass is 9.84. The summed E-state index contributed by atoms with van der Waals surface area (Å²) in [7, 11) is 4.19. The van der Waals surface area contributed by atoms with Gasteiger partial charge in [0.25, 0.3) is 0 Å². The molecule has 3 heterocycles. The standard InChI is InChI=1S/C56H74Cl4N10O8/c1-68-35-47(45-29-43(57)31-51(59)49(45)37-68)39-5-7-41(53(61)27-39)33-62-11-15-73-19-23-77-24-20-74-16-12-65-55(71)63-9-3-4-10-64-56(72)66-13-17-75-21-25-78-26-22-76-18-14-70-34-42-8-6-40(28-54(42)67-70)48-36-69(2)38-50-46(48)30-44(58)32-52(50)60/h5-8,27-34,47-48H,3-4,9-26,35-38,61H2,1-2H3,(H2,63,65,71)(H2,64,66,72). The first-order valence-corrected chi connectivity index (χ1v) is 28.1. The maximum atomic E-state index is 12.1. The molecule has 18 nitrogen and oxygen atoms in total. The number of nitrogen functional groups attached to an aromatic ring is 1. The van der Waals surface area contributed by atoms with Crippen molar-refractivity contribution >= 4 is 81.3 Å². The van der Waals surface area contributed by atoms with Crippen molar-refractivity contribution in [2.24, 2.45) is 4.99 Å². The molecule has 78 heavy (non-hydrogen) atoms. The first-order valence-electron chi connectivity index (χ1n) is 26.6. The van der Waals surface area contributed by atoms with E-state index in [1.54, 1.807) is 12.3 Å². The summed E-state index contributed by atoms with van der Waals surface area (Å²) in [4.78, 5) is 33.2. The number of nitrogens with zero attached hydrogens (tertiary/aromatic N) is 5. The Bertz CT molecular complexity index is 2740. The van der Waals surface area contributed by atoms with Crippen LogP contribution in [0.5, 0.6) is 0 Å². The molecule has 4 amide bonds. The summed E-state index contributed by atoms with van der Waals surface area (Å²) in [5.74, 6) is 0.270. The van der Waals surface area contributed by atoms with Crippen LogP contribution in [-0.4, -0.2) is 177 Å². The molecule has 0 spiro atoms. The second-order valence-corrected chi connectivity index (χ2v) is 21.0. The number of urea groups is 2. The third-order valence-corrected chi connectivity index (χ3v) is 14.4. The van der Waals surface area contributed by atoms with Gasteiger partial charge in [0, 0.05) is 113 Å². The van der Waals surface area contributed by atoms with Crippen molar-refractivity contribution in [3.05, 3.63) is 126 Å². The minimum atomic E-state index is -0.270. The molecule has 2 unspecified atom stereocenters. The van der Waals surface area contributed by atoms with E-state index in [0.29, 0.717) is 157 Å². The number of unbranched alkanes of at least 4 members (excludes halogenated alkanes) is 1. The van der Waals surface area contributed by atoms with E-state index >= 15 is 0 Å². The van der Waals surface area contributed by atoms with E-state index in [1.807, 2.05) is 41.2 Å². The minimum absolute atomic E-state index is 0.115. The van der Waals surface area contributed by atoms with E-state index in [9.17, 15) is 9.59 Å². The average molecular weight is 1160 g/mol. The molecule has 424 valence electrons. The Labute approximate surface area is 477 Å². The summed E-state index contributed by atoms with van der Waals surface area (Å²) in [6.45, 7) is 11.3. The lowest BCUT2D eigenvalue weighted by molar-refractivity contribution is 0.0136. The number of carbonyl (C=O) groups is 2. The van der Waals surface area contributed by atoms with Gasteiger partial charge in [-0.2, -0.15) is 5.10 Å². The maximum Gasteiger partial charge on any atom is 0.314 e. The summed E-state index contributed by atoms with van der Waals surface area (Å²) in [6, 6.07) is 19.7. The van der Waals surface area contributed by atoms with Crippen LogP contribution in [0, 0.1) is 0 Å². The average Bonchev–Trinajstić information content (AvgIpc) is 3.93. The summed E-state index contributed by atoms with van der Waals surface area (Å²) in [6.07, 6.45) is 5.24. The van der Waals surface area contributed by atoms with Crippen molar-refractivity contribution < 1.29 is 38.0 Å². The van der Waals surface area contributed by atoms with Crippen LogP contribution in [0.1, 0.15) is 63.6 Å². The molecule has 0 saturated heterocycles. The SMILES string of the molecule is CN1Cc2c(Cl)cc(Cl)cc2C(c2ccc(C=NCCOCCOCCOCCNC(=O)NCCCCNC(=O)NCCOCCOCCOCCn3cc4ccc(C5CN(C)Cc6c(Cl)cc(Cl)cc65)cc4n3)c(N)c2)C1. The molecule has 2 atom stereocenters. The van der Waals surface area contributed by atoms with Crippen LogP contribution in [0.25, 0.3) is 10.9 Å². The van der Waals surface area contributed by atoms with Gasteiger partial charge in [-0.3, -0.25) is 9.67 Å². The van der Waals surface area contributed by atoms with Gasteiger partial charge in [0.05, 0.1) is 97.9 Å². The van der Waals surface area contributed by atoms with Gasteiger partial charge in [0.15, 0.2) is 0 Å². The van der Waals surface area contributed by atoms with Crippen LogP contribution in [0.15, 0.2) is 71.9 Å². The van der Waals surface area contributed by atoms with Gasteiger partial charge in [-0.15, -0.1) is 0 Å². The predicted molar refractivity (Wildman–Crippen MR) is 309 cm³/mol.